The molecule has 18 heavy (non-hydrogen) atoms. The van der Waals surface area contributed by atoms with E-state index < -0.39 is 0 Å². The Morgan fingerprint density at radius 2 is 1.72 bits per heavy atom. The predicted octanol–water partition coefficient (Wildman–Crippen LogP) is 3.15. The Kier molecular flexibility index (Phi) is 3.17. The number of ether oxygens (including phenoxy) is 1. The van der Waals surface area contributed by atoms with E-state index in [0.717, 1.165) is 17.0 Å². The summed E-state index contributed by atoms with van der Waals surface area (Å²) in [5, 5.41) is 1.12. The maximum absolute atomic E-state index is 5.86. The van der Waals surface area contributed by atoms with E-state index in [1.165, 1.54) is 11.3 Å². The Morgan fingerprint density at radius 3 is 2.17 bits per heavy atom. The van der Waals surface area contributed by atoms with Crippen LogP contribution in [0.3, 0.4) is 0 Å². The second kappa shape index (κ2) is 4.49. The van der Waals surface area contributed by atoms with Gasteiger partial charge in [-0.2, -0.15) is 0 Å². The predicted molar refractivity (Wildman–Crippen MR) is 76.8 cm³/mol. The molecule has 1 aromatic heterocycles. The smallest absolute Gasteiger partial charge is 0.182 e. The monoisotopic (exact) mass is 263 g/mol. The fraction of sp³-hybridized carbons (Fsp3) is 0.308. The summed E-state index contributed by atoms with van der Waals surface area (Å²) in [5.74, 6) is 0.827. The van der Waals surface area contributed by atoms with Gasteiger partial charge in [0.05, 0.1) is 0 Å². The summed E-state index contributed by atoms with van der Waals surface area (Å²) in [5.41, 5.74) is 13.0. The van der Waals surface area contributed by atoms with Crippen molar-refractivity contribution in [2.45, 2.75) is 26.4 Å². The number of anilines is 2. The average Bonchev–Trinajstić information content (AvgIpc) is 2.57. The molecule has 1 aromatic carbocycles. The fourth-order valence-electron chi connectivity index (χ4n) is 1.59. The van der Waals surface area contributed by atoms with Crippen molar-refractivity contribution >= 4 is 21.5 Å². The van der Waals surface area contributed by atoms with Gasteiger partial charge in [-0.3, -0.25) is 0 Å². The van der Waals surface area contributed by atoms with E-state index in [9.17, 15) is 0 Å². The minimum Gasteiger partial charge on any atom is -0.488 e. The van der Waals surface area contributed by atoms with Gasteiger partial charge in [-0.15, -0.1) is 0 Å². The molecule has 0 atom stereocenters. The number of rotatable bonds is 2. The molecule has 2 rings (SSSR count). The Labute approximate surface area is 111 Å². The first kappa shape index (κ1) is 12.7. The van der Waals surface area contributed by atoms with Crippen molar-refractivity contribution in [3.8, 4) is 17.0 Å². The fourth-order valence-corrected chi connectivity index (χ4v) is 2.21. The van der Waals surface area contributed by atoms with Gasteiger partial charge in [0.1, 0.15) is 22.0 Å². The molecule has 0 fully saturated rings. The maximum atomic E-state index is 5.86. The van der Waals surface area contributed by atoms with Crippen LogP contribution in [0.2, 0.25) is 0 Å². The molecule has 5 heteroatoms. The van der Waals surface area contributed by atoms with Crippen molar-refractivity contribution in [1.29, 1.82) is 0 Å². The van der Waals surface area contributed by atoms with Gasteiger partial charge in [0.2, 0.25) is 0 Å². The molecule has 0 aliphatic rings. The van der Waals surface area contributed by atoms with Crippen LogP contribution in [0.5, 0.6) is 5.75 Å². The summed E-state index contributed by atoms with van der Waals surface area (Å²) in [6.45, 7) is 6.04. The van der Waals surface area contributed by atoms with Crippen LogP contribution in [-0.2, 0) is 0 Å². The number of thiazole rings is 1. The molecule has 0 saturated carbocycles. The van der Waals surface area contributed by atoms with Gasteiger partial charge in [0, 0.05) is 5.56 Å². The average molecular weight is 263 g/mol. The van der Waals surface area contributed by atoms with Crippen LogP contribution in [-0.4, -0.2) is 10.6 Å². The Hall–Kier alpha value is -1.75. The van der Waals surface area contributed by atoms with E-state index >= 15 is 0 Å². The zero-order valence-electron chi connectivity index (χ0n) is 10.7. The second-order valence-electron chi connectivity index (χ2n) is 5.00. The van der Waals surface area contributed by atoms with Crippen molar-refractivity contribution in [3.05, 3.63) is 24.3 Å². The van der Waals surface area contributed by atoms with Gasteiger partial charge in [0.25, 0.3) is 0 Å². The van der Waals surface area contributed by atoms with Crippen LogP contribution in [0.15, 0.2) is 24.3 Å². The molecule has 0 aliphatic heterocycles. The summed E-state index contributed by atoms with van der Waals surface area (Å²) in [6.07, 6.45) is 0. The molecule has 0 aliphatic carbocycles. The SMILES string of the molecule is CC(C)(C)Oc1ccc(-c2nc(N)sc2N)cc1. The molecule has 96 valence electrons. The first-order valence-corrected chi connectivity index (χ1v) is 6.48. The second-order valence-corrected chi connectivity index (χ2v) is 6.07. The summed E-state index contributed by atoms with van der Waals surface area (Å²) < 4.78 is 5.75. The molecule has 4 nitrogen and oxygen atoms in total. The van der Waals surface area contributed by atoms with Crippen LogP contribution >= 0.6 is 11.3 Å². The van der Waals surface area contributed by atoms with Crippen molar-refractivity contribution in [1.82, 2.24) is 4.98 Å². The summed E-state index contributed by atoms with van der Waals surface area (Å²) in [7, 11) is 0. The molecule has 0 spiro atoms. The minimum absolute atomic E-state index is 0.203. The highest BCUT2D eigenvalue weighted by Gasteiger charge is 2.13. The molecule has 0 unspecified atom stereocenters. The molecule has 1 heterocycles. The van der Waals surface area contributed by atoms with Crippen LogP contribution in [0.1, 0.15) is 20.8 Å². The lowest BCUT2D eigenvalue weighted by Crippen LogP contribution is -2.22. The number of hydrogen-bond donors (Lipinski definition) is 2. The molecule has 0 amide bonds. The highest BCUT2D eigenvalue weighted by molar-refractivity contribution is 7.19. The topological polar surface area (TPSA) is 74.2 Å². The number of nitrogen functional groups attached to an aromatic ring is 2. The van der Waals surface area contributed by atoms with Crippen LogP contribution in [0.4, 0.5) is 10.1 Å². The van der Waals surface area contributed by atoms with E-state index in [0.29, 0.717) is 10.1 Å². The van der Waals surface area contributed by atoms with Crippen LogP contribution in [0, 0.1) is 0 Å². The van der Waals surface area contributed by atoms with Crippen molar-refractivity contribution in [2.24, 2.45) is 0 Å². The Balaban J connectivity index is 2.25. The molecular weight excluding hydrogens is 246 g/mol. The molecule has 4 N–H and O–H groups in total. The third-order valence-corrected chi connectivity index (χ3v) is 2.94. The molecule has 2 aromatic rings. The summed E-state index contributed by atoms with van der Waals surface area (Å²) in [4.78, 5) is 4.22. The normalized spacial score (nSPS) is 11.5. The third kappa shape index (κ3) is 2.92. The van der Waals surface area contributed by atoms with Crippen molar-refractivity contribution in [3.63, 3.8) is 0 Å². The van der Waals surface area contributed by atoms with Gasteiger partial charge in [-0.05, 0) is 45.0 Å². The molecule has 0 bridgehead atoms. The van der Waals surface area contributed by atoms with Crippen LogP contribution in [0.25, 0.3) is 11.3 Å². The number of benzene rings is 1. The molecule has 0 radical (unpaired) electrons. The maximum Gasteiger partial charge on any atom is 0.182 e. The van der Waals surface area contributed by atoms with Gasteiger partial charge >= 0.3 is 0 Å². The largest absolute Gasteiger partial charge is 0.488 e. The van der Waals surface area contributed by atoms with Gasteiger partial charge < -0.3 is 16.2 Å². The highest BCUT2D eigenvalue weighted by atomic mass is 32.1. The Morgan fingerprint density at radius 1 is 1.11 bits per heavy atom. The standard InChI is InChI=1S/C13H17N3OS/c1-13(2,3)17-9-6-4-8(5-7-9)10-11(14)18-12(15)16-10/h4-7H,14H2,1-3H3,(H2,15,16). The molecular formula is C13H17N3OS. The summed E-state index contributed by atoms with van der Waals surface area (Å²) >= 11 is 1.29. The van der Waals surface area contributed by atoms with E-state index in [2.05, 4.69) is 4.98 Å². The third-order valence-electron chi connectivity index (χ3n) is 2.22. The number of nitrogens with zero attached hydrogens (tertiary/aromatic N) is 1. The van der Waals surface area contributed by atoms with Crippen molar-refractivity contribution in [2.75, 3.05) is 11.5 Å². The Bertz CT molecular complexity index is 540. The zero-order valence-corrected chi connectivity index (χ0v) is 11.5. The van der Waals surface area contributed by atoms with E-state index in [4.69, 9.17) is 16.2 Å². The van der Waals surface area contributed by atoms with E-state index in [1.54, 1.807) is 0 Å². The summed E-state index contributed by atoms with van der Waals surface area (Å²) in [6, 6.07) is 7.70. The first-order chi connectivity index (χ1) is 8.35. The van der Waals surface area contributed by atoms with Crippen molar-refractivity contribution < 1.29 is 4.74 Å². The first-order valence-electron chi connectivity index (χ1n) is 5.66. The number of hydrogen-bond acceptors (Lipinski definition) is 5. The lowest BCUT2D eigenvalue weighted by molar-refractivity contribution is 0.131. The lowest BCUT2D eigenvalue weighted by Gasteiger charge is -2.21. The van der Waals surface area contributed by atoms with Gasteiger partial charge in [-0.1, -0.05) is 11.3 Å². The zero-order chi connectivity index (χ0) is 13.3. The van der Waals surface area contributed by atoms with E-state index in [-0.39, 0.29) is 5.60 Å². The lowest BCUT2D eigenvalue weighted by atomic mass is 10.1. The quantitative estimate of drug-likeness (QED) is 0.872. The molecule has 0 saturated heterocycles. The number of nitrogens with two attached hydrogens (primary N) is 2. The minimum atomic E-state index is -0.203. The highest BCUT2D eigenvalue weighted by Crippen LogP contribution is 2.32. The van der Waals surface area contributed by atoms with Gasteiger partial charge in [-0.25, -0.2) is 4.98 Å². The van der Waals surface area contributed by atoms with E-state index in [1.807, 2.05) is 45.0 Å². The van der Waals surface area contributed by atoms with Gasteiger partial charge in [0.15, 0.2) is 5.13 Å². The van der Waals surface area contributed by atoms with Crippen LogP contribution < -0.4 is 16.2 Å². The number of aromatic nitrogens is 1.